The minimum Gasteiger partial charge on any atom is -0.444 e. The van der Waals surface area contributed by atoms with Crippen molar-refractivity contribution in [3.05, 3.63) is 29.5 Å². The number of carbonyl (C=O) groups is 1. The lowest BCUT2D eigenvalue weighted by Gasteiger charge is -2.57. The molecule has 2 N–H and O–H groups in total. The standard InChI is InChI=1S/C25H35N3O3/c1-24-10-7-17(28-30-12-9-23-27-15-18(14-26)31-23)13-16(24)3-4-19-20-5-6-22(29)25(20,2)11-8-21(19)24/h13,15,19-21H,3-12,14,26H2,1-2H3/t19?,20?,21?,24-,25-/m0/s1. The second-order valence-electron chi connectivity index (χ2n) is 10.5. The summed E-state index contributed by atoms with van der Waals surface area (Å²) in [4.78, 5) is 22.4. The number of aromatic nitrogens is 1. The van der Waals surface area contributed by atoms with Gasteiger partial charge in [0.05, 0.1) is 24.9 Å². The van der Waals surface area contributed by atoms with Crippen molar-refractivity contribution in [3.8, 4) is 0 Å². The zero-order valence-corrected chi connectivity index (χ0v) is 18.9. The number of Topliss-reactive ketones (excluding diaryl/α,β-unsaturated/α-hetero) is 1. The predicted molar refractivity (Wildman–Crippen MR) is 118 cm³/mol. The highest BCUT2D eigenvalue weighted by molar-refractivity contribution is 5.96. The lowest BCUT2D eigenvalue weighted by Crippen LogP contribution is -2.50. The van der Waals surface area contributed by atoms with Crippen molar-refractivity contribution in [2.45, 2.75) is 78.2 Å². The number of fused-ring (bicyclic) bond motifs is 5. The molecule has 4 aliphatic rings. The lowest BCUT2D eigenvalue weighted by molar-refractivity contribution is -0.132. The topological polar surface area (TPSA) is 90.7 Å². The highest BCUT2D eigenvalue weighted by atomic mass is 16.6. The van der Waals surface area contributed by atoms with E-state index in [9.17, 15) is 4.79 Å². The third kappa shape index (κ3) is 3.47. The molecular formula is C25H35N3O3. The Hall–Kier alpha value is -1.95. The predicted octanol–water partition coefficient (Wildman–Crippen LogP) is 4.58. The largest absolute Gasteiger partial charge is 0.444 e. The normalized spacial score (nSPS) is 38.4. The van der Waals surface area contributed by atoms with Crippen LogP contribution in [0.2, 0.25) is 0 Å². The van der Waals surface area contributed by atoms with Crippen molar-refractivity contribution in [2.24, 2.45) is 39.5 Å². The maximum absolute atomic E-state index is 12.6. The van der Waals surface area contributed by atoms with Crippen molar-refractivity contribution in [2.75, 3.05) is 6.61 Å². The van der Waals surface area contributed by atoms with E-state index >= 15 is 0 Å². The zero-order chi connectivity index (χ0) is 21.6. The number of allylic oxidation sites excluding steroid dienone is 2. The number of nitrogens with zero attached hydrogens (tertiary/aromatic N) is 2. The summed E-state index contributed by atoms with van der Waals surface area (Å²) in [6, 6.07) is 0. The second-order valence-corrected chi connectivity index (χ2v) is 10.5. The summed E-state index contributed by atoms with van der Waals surface area (Å²) in [5.74, 6) is 3.88. The van der Waals surface area contributed by atoms with Gasteiger partial charge in [0.1, 0.15) is 18.2 Å². The molecule has 1 aromatic heterocycles. The summed E-state index contributed by atoms with van der Waals surface area (Å²) in [6.45, 7) is 5.55. The van der Waals surface area contributed by atoms with Gasteiger partial charge in [0.15, 0.2) is 5.89 Å². The summed E-state index contributed by atoms with van der Waals surface area (Å²) in [6.07, 6.45) is 13.2. The molecule has 0 saturated heterocycles. The first kappa shape index (κ1) is 20.9. The molecule has 3 fully saturated rings. The van der Waals surface area contributed by atoms with Gasteiger partial charge < -0.3 is 15.0 Å². The number of rotatable bonds is 5. The Morgan fingerprint density at radius 1 is 1.16 bits per heavy atom. The first-order valence-corrected chi connectivity index (χ1v) is 12.0. The summed E-state index contributed by atoms with van der Waals surface area (Å²) in [5.41, 5.74) is 8.37. The van der Waals surface area contributed by atoms with Gasteiger partial charge >= 0.3 is 0 Å². The monoisotopic (exact) mass is 425 g/mol. The Labute approximate surface area is 184 Å². The molecule has 6 heteroatoms. The van der Waals surface area contributed by atoms with Gasteiger partial charge in [-0.3, -0.25) is 4.79 Å². The number of oxazole rings is 1. The summed E-state index contributed by atoms with van der Waals surface area (Å²) < 4.78 is 5.51. The van der Waals surface area contributed by atoms with Gasteiger partial charge in [-0.05, 0) is 74.2 Å². The van der Waals surface area contributed by atoms with Crippen LogP contribution in [0.4, 0.5) is 0 Å². The van der Waals surface area contributed by atoms with Crippen molar-refractivity contribution >= 4 is 11.5 Å². The molecule has 31 heavy (non-hydrogen) atoms. The van der Waals surface area contributed by atoms with E-state index in [4.69, 9.17) is 15.0 Å². The van der Waals surface area contributed by atoms with E-state index in [0.717, 1.165) is 44.2 Å². The van der Waals surface area contributed by atoms with E-state index in [-0.39, 0.29) is 10.8 Å². The zero-order valence-electron chi connectivity index (χ0n) is 18.9. The van der Waals surface area contributed by atoms with E-state index in [1.165, 1.54) is 12.8 Å². The number of hydrogen-bond donors (Lipinski definition) is 1. The van der Waals surface area contributed by atoms with Crippen LogP contribution in [0.25, 0.3) is 0 Å². The Morgan fingerprint density at radius 3 is 2.81 bits per heavy atom. The average molecular weight is 426 g/mol. The van der Waals surface area contributed by atoms with Crippen LogP contribution >= 0.6 is 0 Å². The number of carbonyl (C=O) groups excluding carboxylic acids is 1. The van der Waals surface area contributed by atoms with Crippen LogP contribution in [0.15, 0.2) is 27.4 Å². The average Bonchev–Trinajstić information content (AvgIpc) is 3.35. The molecule has 1 heterocycles. The van der Waals surface area contributed by atoms with Crippen LogP contribution in [-0.4, -0.2) is 23.1 Å². The molecule has 5 rings (SSSR count). The van der Waals surface area contributed by atoms with Crippen LogP contribution in [0.1, 0.15) is 76.9 Å². The summed E-state index contributed by atoms with van der Waals surface area (Å²) in [7, 11) is 0. The molecule has 0 aromatic carbocycles. The molecule has 0 amide bonds. The Morgan fingerprint density at radius 2 is 2.00 bits per heavy atom. The van der Waals surface area contributed by atoms with Gasteiger partial charge in [-0.25, -0.2) is 4.98 Å². The van der Waals surface area contributed by atoms with E-state index in [1.54, 1.807) is 11.8 Å². The van der Waals surface area contributed by atoms with E-state index in [1.807, 2.05) is 0 Å². The molecule has 5 atom stereocenters. The SMILES string of the molecule is C[C@]12CCC(=NOCCc3ncc(CN)o3)C=C1CCC1C2CC[C@]2(C)C(=O)CCC12. The Balaban J connectivity index is 1.24. The third-order valence-corrected chi connectivity index (χ3v) is 9.08. The minimum atomic E-state index is -0.0400. The van der Waals surface area contributed by atoms with Crippen LogP contribution in [0.5, 0.6) is 0 Å². The van der Waals surface area contributed by atoms with Gasteiger partial charge in [0.2, 0.25) is 0 Å². The van der Waals surface area contributed by atoms with Gasteiger partial charge in [-0.1, -0.05) is 24.6 Å². The fourth-order valence-corrected chi connectivity index (χ4v) is 7.23. The summed E-state index contributed by atoms with van der Waals surface area (Å²) >= 11 is 0. The maximum atomic E-state index is 12.6. The van der Waals surface area contributed by atoms with Crippen molar-refractivity contribution < 1.29 is 14.0 Å². The molecule has 0 radical (unpaired) electrons. The van der Waals surface area contributed by atoms with Crippen LogP contribution in [-0.2, 0) is 22.6 Å². The Kier molecular flexibility index (Phi) is 5.32. The molecule has 168 valence electrons. The quantitative estimate of drug-likeness (QED) is 0.551. The lowest BCUT2D eigenvalue weighted by atomic mass is 9.47. The third-order valence-electron chi connectivity index (χ3n) is 9.08. The molecule has 4 aliphatic carbocycles. The Bertz CT molecular complexity index is 919. The molecule has 0 bridgehead atoms. The molecule has 0 spiro atoms. The van der Waals surface area contributed by atoms with E-state index in [0.29, 0.717) is 54.8 Å². The number of oxime groups is 1. The molecule has 6 nitrogen and oxygen atoms in total. The molecular weight excluding hydrogens is 390 g/mol. The first-order valence-electron chi connectivity index (χ1n) is 12.0. The smallest absolute Gasteiger partial charge is 0.197 e. The highest BCUT2D eigenvalue weighted by Gasteiger charge is 2.58. The van der Waals surface area contributed by atoms with Crippen molar-refractivity contribution in [1.82, 2.24) is 4.98 Å². The van der Waals surface area contributed by atoms with Gasteiger partial charge in [-0.15, -0.1) is 0 Å². The van der Waals surface area contributed by atoms with Crippen LogP contribution in [0, 0.1) is 28.6 Å². The number of nitrogens with two attached hydrogens (primary N) is 1. The van der Waals surface area contributed by atoms with Gasteiger partial charge in [-0.2, -0.15) is 0 Å². The number of hydrogen-bond acceptors (Lipinski definition) is 6. The van der Waals surface area contributed by atoms with E-state index < -0.39 is 0 Å². The van der Waals surface area contributed by atoms with Crippen LogP contribution < -0.4 is 5.73 Å². The maximum Gasteiger partial charge on any atom is 0.197 e. The van der Waals surface area contributed by atoms with E-state index in [2.05, 4.69) is 30.1 Å². The van der Waals surface area contributed by atoms with Crippen molar-refractivity contribution in [1.29, 1.82) is 0 Å². The number of ketones is 1. The minimum absolute atomic E-state index is 0.0400. The van der Waals surface area contributed by atoms with Gasteiger partial charge in [0.25, 0.3) is 0 Å². The van der Waals surface area contributed by atoms with Crippen molar-refractivity contribution in [3.63, 3.8) is 0 Å². The second kappa shape index (κ2) is 7.88. The molecule has 3 saturated carbocycles. The molecule has 0 aliphatic heterocycles. The highest BCUT2D eigenvalue weighted by Crippen LogP contribution is 2.64. The fraction of sp³-hybridized carbons (Fsp3) is 0.720. The molecule has 3 unspecified atom stereocenters. The molecule has 1 aromatic rings. The summed E-state index contributed by atoms with van der Waals surface area (Å²) in [5, 5.41) is 4.43. The first-order chi connectivity index (χ1) is 14.9. The fourth-order valence-electron chi connectivity index (χ4n) is 7.23. The van der Waals surface area contributed by atoms with Gasteiger partial charge in [0, 0.05) is 11.8 Å². The van der Waals surface area contributed by atoms with Crippen LogP contribution in [0.3, 0.4) is 0 Å².